The number of hydrazone groups is 1. The molecule has 0 radical (unpaired) electrons. The van der Waals surface area contributed by atoms with Crippen LogP contribution in [-0.2, 0) is 9.59 Å². The third-order valence-electron chi connectivity index (χ3n) is 4.27. The van der Waals surface area contributed by atoms with E-state index in [1.807, 2.05) is 24.3 Å². The predicted molar refractivity (Wildman–Crippen MR) is 118 cm³/mol. The van der Waals surface area contributed by atoms with E-state index >= 15 is 0 Å². The molecule has 1 aromatic heterocycles. The van der Waals surface area contributed by atoms with E-state index in [0.29, 0.717) is 17.2 Å². The predicted octanol–water partition coefficient (Wildman–Crippen LogP) is 3.49. The maximum Gasteiger partial charge on any atom is 0.291 e. The van der Waals surface area contributed by atoms with Gasteiger partial charge in [-0.2, -0.15) is 10.1 Å². The molecule has 3 amide bonds. The highest BCUT2D eigenvalue weighted by Gasteiger charge is 2.26. The summed E-state index contributed by atoms with van der Waals surface area (Å²) in [5.74, 6) is -0.149. The van der Waals surface area contributed by atoms with Gasteiger partial charge in [0.1, 0.15) is 5.84 Å². The van der Waals surface area contributed by atoms with Crippen molar-refractivity contribution in [1.82, 2.24) is 5.32 Å². The molecular weight excluding hydrogens is 416 g/mol. The van der Waals surface area contributed by atoms with Crippen LogP contribution in [0.2, 0.25) is 0 Å². The third kappa shape index (κ3) is 5.20. The number of amidine groups is 1. The van der Waals surface area contributed by atoms with E-state index in [-0.39, 0.29) is 35.7 Å². The number of para-hydroxylation sites is 1. The molecule has 9 heteroatoms. The van der Waals surface area contributed by atoms with Crippen molar-refractivity contribution in [2.24, 2.45) is 5.10 Å². The Morgan fingerprint density at radius 3 is 2.65 bits per heavy atom. The van der Waals surface area contributed by atoms with E-state index in [1.54, 1.807) is 42.5 Å². The number of carbonyl (C=O) groups is 3. The lowest BCUT2D eigenvalue weighted by molar-refractivity contribution is -0.117. The van der Waals surface area contributed by atoms with E-state index in [2.05, 4.69) is 15.7 Å². The van der Waals surface area contributed by atoms with Crippen molar-refractivity contribution in [1.29, 1.82) is 0 Å². The van der Waals surface area contributed by atoms with Gasteiger partial charge in [0.25, 0.3) is 11.8 Å². The molecule has 0 bridgehead atoms. The molecule has 1 aliphatic heterocycles. The molecule has 4 rings (SSSR count). The first-order chi connectivity index (χ1) is 15.1. The number of furan rings is 1. The highest BCUT2D eigenvalue weighted by atomic mass is 32.2. The van der Waals surface area contributed by atoms with E-state index in [1.165, 1.54) is 23.0 Å². The van der Waals surface area contributed by atoms with Gasteiger partial charge in [0.2, 0.25) is 5.91 Å². The number of nitrogens with zero attached hydrogens (tertiary/aromatic N) is 2. The quantitative estimate of drug-likeness (QED) is 0.578. The van der Waals surface area contributed by atoms with Crippen LogP contribution in [0.1, 0.15) is 17.0 Å². The Bertz CT molecular complexity index is 1130. The average molecular weight is 434 g/mol. The van der Waals surface area contributed by atoms with Crippen molar-refractivity contribution in [3.8, 4) is 0 Å². The third-order valence-corrected chi connectivity index (χ3v) is 5.26. The van der Waals surface area contributed by atoms with Crippen LogP contribution in [0.5, 0.6) is 0 Å². The van der Waals surface area contributed by atoms with Crippen LogP contribution < -0.4 is 15.6 Å². The minimum atomic E-state index is -0.350. The van der Waals surface area contributed by atoms with Gasteiger partial charge in [-0.3, -0.25) is 14.4 Å². The van der Waals surface area contributed by atoms with Crippen LogP contribution >= 0.6 is 11.8 Å². The first-order valence-corrected chi connectivity index (χ1v) is 10.4. The summed E-state index contributed by atoms with van der Waals surface area (Å²) in [5.41, 5.74) is 1.25. The topological polar surface area (TPSA) is 104 Å². The normalized spacial score (nSPS) is 13.1. The fraction of sp³-hybridized carbons (Fsp3) is 0.0909. The molecule has 0 unspecified atom stereocenters. The van der Waals surface area contributed by atoms with E-state index < -0.39 is 0 Å². The summed E-state index contributed by atoms with van der Waals surface area (Å²) in [4.78, 5) is 37.4. The SMILES string of the molecule is O=C(CSc1cccc(NC(=O)c2ccco2)c1)NC1=NN(c2ccccc2)C(=O)C1. The summed E-state index contributed by atoms with van der Waals surface area (Å²) in [6.07, 6.45) is 1.47. The number of hydrogen-bond acceptors (Lipinski definition) is 6. The number of amides is 3. The number of anilines is 2. The van der Waals surface area contributed by atoms with E-state index in [9.17, 15) is 14.4 Å². The Kier molecular flexibility index (Phi) is 6.13. The van der Waals surface area contributed by atoms with Gasteiger partial charge in [-0.05, 0) is 42.5 Å². The molecule has 0 saturated heterocycles. The molecular formula is C22H18N4O4S. The van der Waals surface area contributed by atoms with E-state index in [0.717, 1.165) is 4.90 Å². The summed E-state index contributed by atoms with van der Waals surface area (Å²) < 4.78 is 5.07. The molecule has 0 saturated carbocycles. The first kappa shape index (κ1) is 20.4. The minimum Gasteiger partial charge on any atom is -0.459 e. The summed E-state index contributed by atoms with van der Waals surface area (Å²) in [5, 5.41) is 10.9. The summed E-state index contributed by atoms with van der Waals surface area (Å²) in [6, 6.07) is 19.4. The summed E-state index contributed by atoms with van der Waals surface area (Å²) >= 11 is 1.31. The lowest BCUT2D eigenvalue weighted by Gasteiger charge is -2.10. The molecule has 0 fully saturated rings. The maximum absolute atomic E-state index is 12.3. The minimum absolute atomic E-state index is 0.0413. The van der Waals surface area contributed by atoms with Crippen molar-refractivity contribution in [2.75, 3.05) is 16.1 Å². The largest absolute Gasteiger partial charge is 0.459 e. The second-order valence-electron chi connectivity index (χ2n) is 6.56. The van der Waals surface area contributed by atoms with Crippen molar-refractivity contribution in [3.05, 3.63) is 78.8 Å². The zero-order valence-corrected chi connectivity index (χ0v) is 17.1. The Labute approximate surface area is 182 Å². The second kappa shape index (κ2) is 9.31. The molecule has 2 aromatic carbocycles. The molecule has 0 aliphatic carbocycles. The van der Waals surface area contributed by atoms with Gasteiger partial charge in [0.05, 0.1) is 24.1 Å². The Morgan fingerprint density at radius 2 is 1.87 bits per heavy atom. The number of rotatable bonds is 6. The van der Waals surface area contributed by atoms with Gasteiger partial charge in [0.15, 0.2) is 5.76 Å². The highest BCUT2D eigenvalue weighted by molar-refractivity contribution is 8.00. The first-order valence-electron chi connectivity index (χ1n) is 9.41. The number of hydrogen-bond donors (Lipinski definition) is 2. The van der Waals surface area contributed by atoms with Crippen LogP contribution in [0.15, 0.2) is 87.4 Å². The van der Waals surface area contributed by atoms with Crippen LogP contribution in [0.3, 0.4) is 0 Å². The van der Waals surface area contributed by atoms with Crippen LogP contribution in [0.25, 0.3) is 0 Å². The molecule has 3 aromatic rings. The number of benzene rings is 2. The zero-order chi connectivity index (χ0) is 21.6. The standard InChI is InChI=1S/C22H18N4O4S/c27-20(24-19-13-21(28)26(25-19)16-7-2-1-3-8-16)14-31-17-9-4-6-15(12-17)23-22(29)18-10-5-11-30-18/h1-12H,13-14H2,(H,23,29)(H,24,25,27). The fourth-order valence-electron chi connectivity index (χ4n) is 2.88. The molecule has 2 N–H and O–H groups in total. The van der Waals surface area contributed by atoms with Gasteiger partial charge in [-0.25, -0.2) is 0 Å². The van der Waals surface area contributed by atoms with Crippen molar-refractivity contribution >= 4 is 46.7 Å². The Hall–Kier alpha value is -3.85. The highest BCUT2D eigenvalue weighted by Crippen LogP contribution is 2.23. The van der Waals surface area contributed by atoms with Crippen LogP contribution in [-0.4, -0.2) is 29.3 Å². The lowest BCUT2D eigenvalue weighted by atomic mass is 10.3. The van der Waals surface area contributed by atoms with Crippen molar-refractivity contribution < 1.29 is 18.8 Å². The summed E-state index contributed by atoms with van der Waals surface area (Å²) in [7, 11) is 0. The van der Waals surface area contributed by atoms with E-state index in [4.69, 9.17) is 4.42 Å². The van der Waals surface area contributed by atoms with Gasteiger partial charge in [0, 0.05) is 10.6 Å². The molecule has 1 aliphatic rings. The lowest BCUT2D eigenvalue weighted by Crippen LogP contribution is -2.31. The molecule has 156 valence electrons. The monoisotopic (exact) mass is 434 g/mol. The van der Waals surface area contributed by atoms with Gasteiger partial charge < -0.3 is 15.1 Å². The fourth-order valence-corrected chi connectivity index (χ4v) is 3.64. The van der Waals surface area contributed by atoms with Gasteiger partial charge in [-0.15, -0.1) is 11.8 Å². The summed E-state index contributed by atoms with van der Waals surface area (Å²) in [6.45, 7) is 0. The molecule has 31 heavy (non-hydrogen) atoms. The number of nitrogens with one attached hydrogen (secondary N) is 2. The average Bonchev–Trinajstić information content (AvgIpc) is 3.43. The van der Waals surface area contributed by atoms with Crippen molar-refractivity contribution in [3.63, 3.8) is 0 Å². The maximum atomic E-state index is 12.3. The van der Waals surface area contributed by atoms with Crippen LogP contribution in [0.4, 0.5) is 11.4 Å². The van der Waals surface area contributed by atoms with Gasteiger partial charge in [-0.1, -0.05) is 24.3 Å². The smallest absolute Gasteiger partial charge is 0.291 e. The zero-order valence-electron chi connectivity index (χ0n) is 16.3. The molecule has 0 atom stereocenters. The second-order valence-corrected chi connectivity index (χ2v) is 7.61. The van der Waals surface area contributed by atoms with Crippen molar-refractivity contribution in [2.45, 2.75) is 11.3 Å². The number of carbonyl (C=O) groups excluding carboxylic acids is 3. The van der Waals surface area contributed by atoms with Crippen LogP contribution in [0, 0.1) is 0 Å². The molecule has 2 heterocycles. The number of thioether (sulfide) groups is 1. The Balaban J connectivity index is 1.31. The molecule has 0 spiro atoms. The molecule has 8 nitrogen and oxygen atoms in total. The Morgan fingerprint density at radius 1 is 1.03 bits per heavy atom. The van der Waals surface area contributed by atoms with Gasteiger partial charge >= 0.3 is 0 Å².